The first-order valence-corrected chi connectivity index (χ1v) is 6.12. The maximum atomic E-state index is 6.28. The molecule has 0 amide bonds. The van der Waals surface area contributed by atoms with Gasteiger partial charge in [0.15, 0.2) is 0 Å². The molecule has 0 aliphatic carbocycles. The predicted molar refractivity (Wildman–Crippen MR) is 73.2 cm³/mol. The van der Waals surface area contributed by atoms with Gasteiger partial charge in [-0.05, 0) is 23.3 Å². The van der Waals surface area contributed by atoms with E-state index in [4.69, 9.17) is 17.3 Å². The Morgan fingerprint density at radius 2 is 1.47 bits per heavy atom. The highest BCUT2D eigenvalue weighted by Gasteiger charge is 2.16. The monoisotopic (exact) mass is 245 g/mol. The van der Waals surface area contributed by atoms with Crippen LogP contribution in [-0.2, 0) is 0 Å². The molecule has 1 nitrogen and oxygen atoms in total. The van der Waals surface area contributed by atoms with Crippen molar-refractivity contribution in [2.24, 2.45) is 5.73 Å². The van der Waals surface area contributed by atoms with Gasteiger partial charge < -0.3 is 5.73 Å². The first-order valence-electron chi connectivity index (χ1n) is 5.74. The average molecular weight is 246 g/mol. The molecular formula is C15H16ClN. The lowest BCUT2D eigenvalue weighted by Gasteiger charge is -2.20. The number of hydrogen-bond donors (Lipinski definition) is 1. The van der Waals surface area contributed by atoms with E-state index in [9.17, 15) is 0 Å². The lowest BCUT2D eigenvalue weighted by atomic mass is 9.89. The standard InChI is InChI=1S/C15H16ClN/c1-11(12-7-9-14(16)10-8-12)15(17)13-5-3-2-4-6-13/h2-11,15H,17H2,1H3. The van der Waals surface area contributed by atoms with Gasteiger partial charge in [-0.15, -0.1) is 0 Å². The van der Waals surface area contributed by atoms with Crippen LogP contribution in [0.1, 0.15) is 30.0 Å². The second kappa shape index (κ2) is 5.35. The smallest absolute Gasteiger partial charge is 0.0406 e. The number of rotatable bonds is 3. The Morgan fingerprint density at radius 1 is 0.882 bits per heavy atom. The topological polar surface area (TPSA) is 26.0 Å². The fraction of sp³-hybridized carbons (Fsp3) is 0.200. The summed E-state index contributed by atoms with van der Waals surface area (Å²) in [4.78, 5) is 0. The summed E-state index contributed by atoms with van der Waals surface area (Å²) >= 11 is 5.88. The van der Waals surface area contributed by atoms with E-state index in [-0.39, 0.29) is 12.0 Å². The highest BCUT2D eigenvalue weighted by Crippen LogP contribution is 2.28. The molecular weight excluding hydrogens is 230 g/mol. The van der Waals surface area contributed by atoms with Gasteiger partial charge in [-0.2, -0.15) is 0 Å². The molecule has 2 aromatic rings. The lowest BCUT2D eigenvalue weighted by molar-refractivity contribution is 0.598. The number of halogens is 1. The van der Waals surface area contributed by atoms with E-state index in [1.54, 1.807) is 0 Å². The molecule has 0 spiro atoms. The first kappa shape index (κ1) is 12.2. The minimum Gasteiger partial charge on any atom is -0.323 e. The van der Waals surface area contributed by atoms with Gasteiger partial charge in [0, 0.05) is 17.0 Å². The summed E-state index contributed by atoms with van der Waals surface area (Å²) in [5.74, 6) is 0.273. The first-order chi connectivity index (χ1) is 8.18. The van der Waals surface area contributed by atoms with Gasteiger partial charge in [0.1, 0.15) is 0 Å². The van der Waals surface area contributed by atoms with Gasteiger partial charge in [0.2, 0.25) is 0 Å². The van der Waals surface area contributed by atoms with E-state index < -0.39 is 0 Å². The molecule has 0 aliphatic heterocycles. The summed E-state index contributed by atoms with van der Waals surface area (Å²) in [5.41, 5.74) is 8.65. The van der Waals surface area contributed by atoms with Crippen molar-refractivity contribution in [1.29, 1.82) is 0 Å². The van der Waals surface area contributed by atoms with Crippen molar-refractivity contribution < 1.29 is 0 Å². The molecule has 0 bridgehead atoms. The van der Waals surface area contributed by atoms with Gasteiger partial charge in [-0.3, -0.25) is 0 Å². The van der Waals surface area contributed by atoms with Crippen molar-refractivity contribution in [3.63, 3.8) is 0 Å². The van der Waals surface area contributed by atoms with E-state index >= 15 is 0 Å². The van der Waals surface area contributed by atoms with Crippen LogP contribution in [0.4, 0.5) is 0 Å². The van der Waals surface area contributed by atoms with Crippen LogP contribution < -0.4 is 5.73 Å². The van der Waals surface area contributed by atoms with Gasteiger partial charge in [0.05, 0.1) is 0 Å². The third-order valence-corrected chi connectivity index (χ3v) is 3.37. The molecule has 0 saturated heterocycles. The predicted octanol–water partition coefficient (Wildman–Crippen LogP) is 4.14. The zero-order chi connectivity index (χ0) is 12.3. The van der Waals surface area contributed by atoms with E-state index in [1.807, 2.05) is 42.5 Å². The Bertz CT molecular complexity index is 464. The van der Waals surface area contributed by atoms with Crippen LogP contribution in [0.5, 0.6) is 0 Å². The van der Waals surface area contributed by atoms with E-state index in [1.165, 1.54) is 5.56 Å². The van der Waals surface area contributed by atoms with Crippen molar-refractivity contribution in [1.82, 2.24) is 0 Å². The Labute approximate surface area is 107 Å². The van der Waals surface area contributed by atoms with E-state index in [0.717, 1.165) is 10.6 Å². The molecule has 0 aromatic heterocycles. The van der Waals surface area contributed by atoms with Crippen molar-refractivity contribution in [3.8, 4) is 0 Å². The molecule has 88 valence electrons. The zero-order valence-corrected chi connectivity index (χ0v) is 10.6. The van der Waals surface area contributed by atoms with Gasteiger partial charge in [-0.1, -0.05) is 61.0 Å². The SMILES string of the molecule is CC(c1ccc(Cl)cc1)C(N)c1ccccc1. The Balaban J connectivity index is 2.20. The molecule has 2 atom stereocenters. The Hall–Kier alpha value is -1.31. The summed E-state index contributed by atoms with van der Waals surface area (Å²) in [6, 6.07) is 18.1. The zero-order valence-electron chi connectivity index (χ0n) is 9.81. The van der Waals surface area contributed by atoms with Crippen molar-refractivity contribution in [3.05, 3.63) is 70.7 Å². The molecule has 0 fully saturated rings. The lowest BCUT2D eigenvalue weighted by Crippen LogP contribution is -2.17. The largest absolute Gasteiger partial charge is 0.323 e. The quantitative estimate of drug-likeness (QED) is 0.864. The maximum absolute atomic E-state index is 6.28. The molecule has 2 unspecified atom stereocenters. The second-order valence-corrected chi connectivity index (χ2v) is 4.71. The summed E-state index contributed by atoms with van der Waals surface area (Å²) < 4.78 is 0. The van der Waals surface area contributed by atoms with Crippen LogP contribution in [0.15, 0.2) is 54.6 Å². The molecule has 0 saturated carbocycles. The number of hydrogen-bond acceptors (Lipinski definition) is 1. The van der Waals surface area contributed by atoms with Crippen LogP contribution in [0.3, 0.4) is 0 Å². The van der Waals surface area contributed by atoms with Crippen molar-refractivity contribution in [2.45, 2.75) is 18.9 Å². The van der Waals surface area contributed by atoms with E-state index in [0.29, 0.717) is 0 Å². The summed E-state index contributed by atoms with van der Waals surface area (Å²) in [6.07, 6.45) is 0. The van der Waals surface area contributed by atoms with E-state index in [2.05, 4.69) is 19.1 Å². The molecule has 2 rings (SSSR count). The minimum atomic E-state index is 0.0115. The highest BCUT2D eigenvalue weighted by atomic mass is 35.5. The second-order valence-electron chi connectivity index (χ2n) is 4.28. The third kappa shape index (κ3) is 2.87. The van der Waals surface area contributed by atoms with Gasteiger partial charge in [-0.25, -0.2) is 0 Å². The van der Waals surface area contributed by atoms with Crippen LogP contribution in [0, 0.1) is 0 Å². The third-order valence-electron chi connectivity index (χ3n) is 3.12. The highest BCUT2D eigenvalue weighted by molar-refractivity contribution is 6.30. The fourth-order valence-electron chi connectivity index (χ4n) is 1.94. The van der Waals surface area contributed by atoms with Gasteiger partial charge >= 0.3 is 0 Å². The fourth-order valence-corrected chi connectivity index (χ4v) is 2.06. The summed E-state index contributed by atoms with van der Waals surface area (Å²) in [5, 5.41) is 0.759. The molecule has 2 N–H and O–H groups in total. The van der Waals surface area contributed by atoms with Crippen LogP contribution in [0.2, 0.25) is 5.02 Å². The van der Waals surface area contributed by atoms with Crippen LogP contribution in [0.25, 0.3) is 0 Å². The summed E-state index contributed by atoms with van der Waals surface area (Å²) in [7, 11) is 0. The van der Waals surface area contributed by atoms with Crippen LogP contribution in [-0.4, -0.2) is 0 Å². The maximum Gasteiger partial charge on any atom is 0.0406 e. The molecule has 0 radical (unpaired) electrons. The molecule has 2 aromatic carbocycles. The average Bonchev–Trinajstić information content (AvgIpc) is 2.39. The van der Waals surface area contributed by atoms with Crippen molar-refractivity contribution >= 4 is 11.6 Å². The Morgan fingerprint density at radius 3 is 2.06 bits per heavy atom. The van der Waals surface area contributed by atoms with Gasteiger partial charge in [0.25, 0.3) is 0 Å². The molecule has 2 heteroatoms. The summed E-state index contributed by atoms with van der Waals surface area (Å²) in [6.45, 7) is 2.14. The molecule has 17 heavy (non-hydrogen) atoms. The Kier molecular flexibility index (Phi) is 3.82. The normalized spacial score (nSPS) is 14.3. The molecule has 0 heterocycles. The minimum absolute atomic E-state index is 0.0115. The number of benzene rings is 2. The van der Waals surface area contributed by atoms with Crippen molar-refractivity contribution in [2.75, 3.05) is 0 Å². The van der Waals surface area contributed by atoms with Crippen LogP contribution >= 0.6 is 11.6 Å². The number of nitrogens with two attached hydrogens (primary N) is 1. The molecule has 0 aliphatic rings.